The lowest BCUT2D eigenvalue weighted by atomic mass is 10.2. The Morgan fingerprint density at radius 3 is 2.36 bits per heavy atom. The Bertz CT molecular complexity index is 530. The van der Waals surface area contributed by atoms with Crippen molar-refractivity contribution < 1.29 is 9.50 Å². The highest BCUT2D eigenvalue weighted by Crippen LogP contribution is 2.16. The molecule has 0 atom stereocenters. The molecule has 0 fully saturated rings. The van der Waals surface area contributed by atoms with Gasteiger partial charge in [-0.15, -0.1) is 24.0 Å². The van der Waals surface area contributed by atoms with Gasteiger partial charge < -0.3 is 15.7 Å². The maximum absolute atomic E-state index is 13.4. The van der Waals surface area contributed by atoms with Crippen molar-refractivity contribution in [3.05, 3.63) is 29.6 Å². The van der Waals surface area contributed by atoms with Gasteiger partial charge in [0, 0.05) is 31.7 Å². The van der Waals surface area contributed by atoms with Gasteiger partial charge in [0.2, 0.25) is 0 Å². The lowest BCUT2D eigenvalue weighted by molar-refractivity contribution is 0.178. The second kappa shape index (κ2) is 12.3. The van der Waals surface area contributed by atoms with Gasteiger partial charge in [-0.25, -0.2) is 9.38 Å². The summed E-state index contributed by atoms with van der Waals surface area (Å²) in [5, 5.41) is 15.7. The summed E-state index contributed by atoms with van der Waals surface area (Å²) in [4.78, 5) is 6.88. The topological polar surface area (TPSA) is 59.9 Å². The number of benzene rings is 1. The maximum atomic E-state index is 13.4. The third kappa shape index (κ3) is 8.71. The van der Waals surface area contributed by atoms with Crippen LogP contribution in [-0.2, 0) is 6.54 Å². The van der Waals surface area contributed by atoms with Crippen molar-refractivity contribution >= 4 is 29.9 Å². The fourth-order valence-corrected chi connectivity index (χ4v) is 2.58. The summed E-state index contributed by atoms with van der Waals surface area (Å²) in [7, 11) is 0. The first-order valence-corrected chi connectivity index (χ1v) is 8.60. The van der Waals surface area contributed by atoms with E-state index < -0.39 is 5.82 Å². The van der Waals surface area contributed by atoms with Gasteiger partial charge in [-0.05, 0) is 52.3 Å². The molecule has 0 amide bonds. The van der Waals surface area contributed by atoms with E-state index in [1.807, 2.05) is 6.92 Å². The minimum atomic E-state index is -0.620. The van der Waals surface area contributed by atoms with Crippen LogP contribution in [0.15, 0.2) is 23.2 Å². The molecule has 0 aliphatic rings. The van der Waals surface area contributed by atoms with Crippen LogP contribution >= 0.6 is 24.0 Å². The average Bonchev–Trinajstić information content (AvgIpc) is 2.51. The summed E-state index contributed by atoms with van der Waals surface area (Å²) in [6.07, 6.45) is 0. The van der Waals surface area contributed by atoms with Crippen LogP contribution in [0.1, 0.15) is 40.2 Å². The second-order valence-electron chi connectivity index (χ2n) is 6.33. The van der Waals surface area contributed by atoms with Gasteiger partial charge in [-0.1, -0.05) is 6.07 Å². The molecule has 1 aromatic carbocycles. The highest BCUT2D eigenvalue weighted by Gasteiger charge is 2.12. The lowest BCUT2D eigenvalue weighted by Crippen LogP contribution is -2.45. The van der Waals surface area contributed by atoms with Crippen LogP contribution in [0.2, 0.25) is 0 Å². The minimum Gasteiger partial charge on any atom is -0.505 e. The largest absolute Gasteiger partial charge is 0.505 e. The highest BCUT2D eigenvalue weighted by atomic mass is 127. The van der Waals surface area contributed by atoms with E-state index in [1.165, 1.54) is 12.1 Å². The number of hydrogen-bond donors (Lipinski definition) is 3. The van der Waals surface area contributed by atoms with E-state index in [-0.39, 0.29) is 29.7 Å². The van der Waals surface area contributed by atoms with E-state index in [9.17, 15) is 9.50 Å². The Labute approximate surface area is 168 Å². The fraction of sp³-hybridized carbons (Fsp3) is 0.611. The average molecular weight is 466 g/mol. The van der Waals surface area contributed by atoms with Crippen molar-refractivity contribution in [2.75, 3.05) is 19.6 Å². The number of nitrogens with zero attached hydrogens (tertiary/aromatic N) is 2. The molecule has 0 bridgehead atoms. The third-order valence-electron chi connectivity index (χ3n) is 3.77. The molecule has 25 heavy (non-hydrogen) atoms. The normalized spacial score (nSPS) is 11.8. The molecule has 0 radical (unpaired) electrons. The Hall–Kier alpha value is -1.09. The number of guanidine groups is 1. The molecule has 5 nitrogen and oxygen atoms in total. The summed E-state index contributed by atoms with van der Waals surface area (Å²) < 4.78 is 13.4. The molecule has 0 unspecified atom stereocenters. The van der Waals surface area contributed by atoms with Gasteiger partial charge in [-0.2, -0.15) is 0 Å². The molecule has 0 spiro atoms. The van der Waals surface area contributed by atoms with Crippen LogP contribution < -0.4 is 10.6 Å². The van der Waals surface area contributed by atoms with Gasteiger partial charge in [0.05, 0.1) is 6.54 Å². The highest BCUT2D eigenvalue weighted by molar-refractivity contribution is 14.0. The van der Waals surface area contributed by atoms with Gasteiger partial charge >= 0.3 is 0 Å². The van der Waals surface area contributed by atoms with E-state index in [1.54, 1.807) is 6.07 Å². The molecular weight excluding hydrogens is 434 g/mol. The van der Waals surface area contributed by atoms with Crippen molar-refractivity contribution in [2.45, 2.75) is 53.2 Å². The summed E-state index contributed by atoms with van der Waals surface area (Å²) in [6, 6.07) is 5.31. The molecule has 7 heteroatoms. The predicted octanol–water partition coefficient (Wildman–Crippen LogP) is 3.32. The van der Waals surface area contributed by atoms with Crippen molar-refractivity contribution in [2.24, 2.45) is 4.99 Å². The number of hydrogen-bond acceptors (Lipinski definition) is 3. The molecule has 0 saturated carbocycles. The summed E-state index contributed by atoms with van der Waals surface area (Å²) in [5.41, 5.74) is 0.716. The number of aliphatic imine (C=N–C) groups is 1. The van der Waals surface area contributed by atoms with Crippen molar-refractivity contribution in [1.29, 1.82) is 0 Å². The summed E-state index contributed by atoms with van der Waals surface area (Å²) in [6.45, 7) is 13.6. The zero-order valence-corrected chi connectivity index (χ0v) is 18.2. The van der Waals surface area contributed by atoms with Crippen LogP contribution in [0.3, 0.4) is 0 Å². The molecule has 0 aliphatic heterocycles. The molecule has 0 aliphatic carbocycles. The first-order valence-electron chi connectivity index (χ1n) is 8.60. The van der Waals surface area contributed by atoms with Crippen LogP contribution in [0, 0.1) is 5.82 Å². The van der Waals surface area contributed by atoms with E-state index in [0.717, 1.165) is 19.6 Å². The molecule has 1 rings (SSSR count). The van der Waals surface area contributed by atoms with Crippen LogP contribution in [-0.4, -0.2) is 47.7 Å². The fourth-order valence-electron chi connectivity index (χ4n) is 2.58. The zero-order valence-electron chi connectivity index (χ0n) is 15.8. The lowest BCUT2D eigenvalue weighted by Gasteiger charge is -2.30. The molecule has 144 valence electrons. The first-order chi connectivity index (χ1) is 11.3. The zero-order chi connectivity index (χ0) is 18.1. The molecule has 3 N–H and O–H groups in total. The Morgan fingerprint density at radius 2 is 1.84 bits per heavy atom. The molecule has 0 heterocycles. The van der Waals surface area contributed by atoms with E-state index in [0.29, 0.717) is 30.2 Å². The van der Waals surface area contributed by atoms with Crippen molar-refractivity contribution in [3.8, 4) is 5.75 Å². The number of phenols is 1. The minimum absolute atomic E-state index is 0. The Kier molecular flexibility index (Phi) is 11.8. The predicted molar refractivity (Wildman–Crippen MR) is 113 cm³/mol. The van der Waals surface area contributed by atoms with Crippen molar-refractivity contribution in [3.63, 3.8) is 0 Å². The molecular formula is C18H32FIN4O. The van der Waals surface area contributed by atoms with Crippen LogP contribution in [0.5, 0.6) is 5.75 Å². The monoisotopic (exact) mass is 466 g/mol. The number of nitrogens with one attached hydrogen (secondary N) is 2. The van der Waals surface area contributed by atoms with Crippen molar-refractivity contribution in [1.82, 2.24) is 15.5 Å². The molecule has 0 aromatic heterocycles. The Balaban J connectivity index is 0.00000576. The first kappa shape index (κ1) is 23.9. The second-order valence-corrected chi connectivity index (χ2v) is 6.33. The van der Waals surface area contributed by atoms with Crippen LogP contribution in [0.25, 0.3) is 0 Å². The van der Waals surface area contributed by atoms with E-state index in [4.69, 9.17) is 0 Å². The number of halogens is 2. The SMILES string of the molecule is CCNC(=NCc1ccc(O)c(F)c1)NCCN(C(C)C)C(C)C.I. The Morgan fingerprint density at radius 1 is 1.20 bits per heavy atom. The van der Waals surface area contributed by atoms with Crippen LogP contribution in [0.4, 0.5) is 4.39 Å². The summed E-state index contributed by atoms with van der Waals surface area (Å²) >= 11 is 0. The maximum Gasteiger partial charge on any atom is 0.191 e. The number of aromatic hydroxyl groups is 1. The number of phenolic OH excluding ortho intramolecular Hbond substituents is 1. The van der Waals surface area contributed by atoms with E-state index >= 15 is 0 Å². The molecule has 1 aromatic rings. The van der Waals surface area contributed by atoms with Gasteiger partial charge in [0.1, 0.15) is 0 Å². The van der Waals surface area contributed by atoms with Gasteiger partial charge in [0.15, 0.2) is 17.5 Å². The smallest absolute Gasteiger partial charge is 0.191 e. The van der Waals surface area contributed by atoms with Gasteiger partial charge in [0.25, 0.3) is 0 Å². The number of rotatable bonds is 8. The summed E-state index contributed by atoms with van der Waals surface area (Å²) in [5.74, 6) is -0.251. The molecule has 0 saturated heterocycles. The van der Waals surface area contributed by atoms with Gasteiger partial charge in [-0.3, -0.25) is 4.90 Å². The third-order valence-corrected chi connectivity index (χ3v) is 3.77. The quantitative estimate of drug-likeness (QED) is 0.313. The standard InChI is InChI=1S/C18H31FN4O.HI/c1-6-20-18(21-9-10-23(13(2)3)14(4)5)22-12-15-7-8-17(24)16(19)11-15;/h7-8,11,13-14,24H,6,9-10,12H2,1-5H3,(H2,20,21,22);1H. The van der Waals surface area contributed by atoms with E-state index in [2.05, 4.69) is 48.2 Å².